The van der Waals surface area contributed by atoms with Crippen LogP contribution in [0.15, 0.2) is 53.0 Å². The van der Waals surface area contributed by atoms with Crippen LogP contribution >= 0.6 is 0 Å². The minimum absolute atomic E-state index is 0.447. The summed E-state index contributed by atoms with van der Waals surface area (Å²) in [5, 5.41) is 0. The fourth-order valence-corrected chi connectivity index (χ4v) is 2.69. The average molecular weight is 238 g/mol. The van der Waals surface area contributed by atoms with Gasteiger partial charge >= 0.3 is 0 Å². The molecular formula is C17H18O. The summed E-state index contributed by atoms with van der Waals surface area (Å²) in [7, 11) is 0. The van der Waals surface area contributed by atoms with Crippen LogP contribution in [-0.4, -0.2) is 0 Å². The number of hydrogen-bond donors (Lipinski definition) is 0. The molecule has 0 saturated carbocycles. The Morgan fingerprint density at radius 3 is 2.61 bits per heavy atom. The lowest BCUT2D eigenvalue weighted by atomic mass is 9.86. The van der Waals surface area contributed by atoms with Crippen molar-refractivity contribution in [3.05, 3.63) is 65.6 Å². The van der Waals surface area contributed by atoms with Gasteiger partial charge in [-0.05, 0) is 49.5 Å². The summed E-state index contributed by atoms with van der Waals surface area (Å²) in [6.45, 7) is 2.01. The molecule has 1 aromatic carbocycles. The molecule has 2 aromatic rings. The van der Waals surface area contributed by atoms with Crippen molar-refractivity contribution in [2.75, 3.05) is 0 Å². The highest BCUT2D eigenvalue weighted by molar-refractivity contribution is 5.67. The van der Waals surface area contributed by atoms with Crippen LogP contribution in [0.25, 0.3) is 5.57 Å². The molecule has 18 heavy (non-hydrogen) atoms. The Kier molecular flexibility index (Phi) is 3.06. The predicted molar refractivity (Wildman–Crippen MR) is 74.5 cm³/mol. The lowest BCUT2D eigenvalue weighted by molar-refractivity contribution is 0.450. The predicted octanol–water partition coefficient (Wildman–Crippen LogP) is 4.94. The summed E-state index contributed by atoms with van der Waals surface area (Å²) < 4.78 is 5.76. The van der Waals surface area contributed by atoms with E-state index in [0.717, 1.165) is 11.5 Å². The van der Waals surface area contributed by atoms with Gasteiger partial charge in [0.2, 0.25) is 0 Å². The van der Waals surface area contributed by atoms with Crippen LogP contribution < -0.4 is 0 Å². The lowest BCUT2D eigenvalue weighted by Crippen LogP contribution is -2.02. The number of aryl methyl sites for hydroxylation is 1. The number of hydrogen-bond acceptors (Lipinski definition) is 1. The van der Waals surface area contributed by atoms with E-state index in [1.165, 1.54) is 30.4 Å². The van der Waals surface area contributed by atoms with Crippen LogP contribution in [-0.2, 0) is 0 Å². The molecule has 1 unspecified atom stereocenters. The molecule has 0 amide bonds. The van der Waals surface area contributed by atoms with E-state index in [-0.39, 0.29) is 0 Å². The largest absolute Gasteiger partial charge is 0.466 e. The van der Waals surface area contributed by atoms with Crippen molar-refractivity contribution in [2.45, 2.75) is 32.1 Å². The van der Waals surface area contributed by atoms with Crippen LogP contribution in [0, 0.1) is 6.92 Å². The first-order chi connectivity index (χ1) is 8.83. The summed E-state index contributed by atoms with van der Waals surface area (Å²) in [5.74, 6) is 2.56. The van der Waals surface area contributed by atoms with E-state index in [0.29, 0.717) is 5.92 Å². The van der Waals surface area contributed by atoms with Crippen molar-refractivity contribution in [2.24, 2.45) is 0 Å². The topological polar surface area (TPSA) is 13.1 Å². The molecule has 1 heterocycles. The van der Waals surface area contributed by atoms with Gasteiger partial charge in [0.05, 0.1) is 0 Å². The fourth-order valence-electron chi connectivity index (χ4n) is 2.69. The average Bonchev–Trinajstić information content (AvgIpc) is 2.87. The first-order valence-corrected chi connectivity index (χ1v) is 6.65. The summed E-state index contributed by atoms with van der Waals surface area (Å²) in [5.41, 5.74) is 2.81. The van der Waals surface area contributed by atoms with Gasteiger partial charge < -0.3 is 4.42 Å². The molecule has 0 saturated heterocycles. The molecule has 1 nitrogen and oxygen atoms in total. The molecule has 3 rings (SSSR count). The molecule has 0 radical (unpaired) electrons. The van der Waals surface area contributed by atoms with Gasteiger partial charge in [-0.25, -0.2) is 0 Å². The Morgan fingerprint density at radius 2 is 1.89 bits per heavy atom. The Hall–Kier alpha value is -1.76. The number of allylic oxidation sites excluding steroid dienone is 2. The molecular weight excluding hydrogens is 220 g/mol. The molecule has 92 valence electrons. The van der Waals surface area contributed by atoms with Gasteiger partial charge in [-0.15, -0.1) is 0 Å². The minimum Gasteiger partial charge on any atom is -0.466 e. The van der Waals surface area contributed by atoms with Crippen molar-refractivity contribution in [1.29, 1.82) is 0 Å². The lowest BCUT2D eigenvalue weighted by Gasteiger charge is -2.19. The van der Waals surface area contributed by atoms with Crippen LogP contribution in [0.4, 0.5) is 0 Å². The third-order valence-electron chi connectivity index (χ3n) is 3.63. The Labute approximate surface area is 108 Å². The summed E-state index contributed by atoms with van der Waals surface area (Å²) >= 11 is 0. The van der Waals surface area contributed by atoms with Gasteiger partial charge in [-0.2, -0.15) is 0 Å². The molecule has 1 aliphatic carbocycles. The quantitative estimate of drug-likeness (QED) is 0.722. The Morgan fingerprint density at radius 1 is 1.06 bits per heavy atom. The van der Waals surface area contributed by atoms with Gasteiger partial charge in [-0.1, -0.05) is 36.4 Å². The standard InChI is InChI=1S/C17H18O/c1-13-10-11-17(18-13)16-9-5-8-15(12-16)14-6-3-2-4-7-14/h2-4,6-7,10-12,16H,5,8-9H2,1H3. The summed E-state index contributed by atoms with van der Waals surface area (Å²) in [6, 6.07) is 14.8. The maximum absolute atomic E-state index is 5.76. The van der Waals surface area contributed by atoms with Gasteiger partial charge in [0.1, 0.15) is 11.5 Å². The smallest absolute Gasteiger partial charge is 0.111 e. The van der Waals surface area contributed by atoms with Crippen molar-refractivity contribution >= 4 is 5.57 Å². The number of benzene rings is 1. The highest BCUT2D eigenvalue weighted by atomic mass is 16.3. The minimum atomic E-state index is 0.447. The van der Waals surface area contributed by atoms with Crippen molar-refractivity contribution in [3.8, 4) is 0 Å². The highest BCUT2D eigenvalue weighted by Crippen LogP contribution is 2.35. The first-order valence-electron chi connectivity index (χ1n) is 6.65. The zero-order valence-electron chi connectivity index (χ0n) is 10.7. The van der Waals surface area contributed by atoms with Gasteiger partial charge in [0.15, 0.2) is 0 Å². The normalized spacial score (nSPS) is 19.6. The monoisotopic (exact) mass is 238 g/mol. The van der Waals surface area contributed by atoms with Crippen LogP contribution in [0.5, 0.6) is 0 Å². The van der Waals surface area contributed by atoms with Crippen molar-refractivity contribution in [3.63, 3.8) is 0 Å². The molecule has 1 atom stereocenters. The molecule has 1 aromatic heterocycles. The summed E-state index contributed by atoms with van der Waals surface area (Å²) in [6.07, 6.45) is 6.01. The molecule has 0 bridgehead atoms. The summed E-state index contributed by atoms with van der Waals surface area (Å²) in [4.78, 5) is 0. The van der Waals surface area contributed by atoms with E-state index in [9.17, 15) is 0 Å². The second kappa shape index (κ2) is 4.85. The van der Waals surface area contributed by atoms with Crippen LogP contribution in [0.1, 0.15) is 42.3 Å². The molecule has 0 aliphatic heterocycles. The molecule has 1 aliphatic rings. The Bertz CT molecular complexity index is 548. The fraction of sp³-hybridized carbons (Fsp3) is 0.294. The van der Waals surface area contributed by atoms with Gasteiger partial charge in [0, 0.05) is 5.92 Å². The van der Waals surface area contributed by atoms with E-state index in [1.807, 2.05) is 6.92 Å². The highest BCUT2D eigenvalue weighted by Gasteiger charge is 2.18. The number of rotatable bonds is 2. The number of furan rings is 1. The first kappa shape index (κ1) is 11.3. The van der Waals surface area contributed by atoms with Gasteiger partial charge in [-0.3, -0.25) is 0 Å². The SMILES string of the molecule is Cc1ccc(C2C=C(c3ccccc3)CCC2)o1. The maximum Gasteiger partial charge on any atom is 0.111 e. The van der Waals surface area contributed by atoms with Crippen molar-refractivity contribution < 1.29 is 4.42 Å². The second-order valence-corrected chi connectivity index (χ2v) is 5.01. The van der Waals surface area contributed by atoms with E-state index in [2.05, 4.69) is 48.5 Å². The zero-order valence-corrected chi connectivity index (χ0v) is 10.7. The molecule has 0 fully saturated rings. The van der Waals surface area contributed by atoms with E-state index >= 15 is 0 Å². The van der Waals surface area contributed by atoms with E-state index in [4.69, 9.17) is 4.42 Å². The molecule has 1 heteroatoms. The van der Waals surface area contributed by atoms with Gasteiger partial charge in [0.25, 0.3) is 0 Å². The molecule has 0 N–H and O–H groups in total. The van der Waals surface area contributed by atoms with E-state index in [1.54, 1.807) is 0 Å². The van der Waals surface area contributed by atoms with Crippen molar-refractivity contribution in [1.82, 2.24) is 0 Å². The zero-order chi connectivity index (χ0) is 12.4. The van der Waals surface area contributed by atoms with Crippen LogP contribution in [0.2, 0.25) is 0 Å². The Balaban J connectivity index is 1.90. The third-order valence-corrected chi connectivity index (χ3v) is 3.63. The van der Waals surface area contributed by atoms with E-state index < -0.39 is 0 Å². The van der Waals surface area contributed by atoms with Crippen LogP contribution in [0.3, 0.4) is 0 Å². The third kappa shape index (κ3) is 2.26. The second-order valence-electron chi connectivity index (χ2n) is 5.01. The maximum atomic E-state index is 5.76. The molecule has 0 spiro atoms.